The van der Waals surface area contributed by atoms with Crippen LogP contribution in [0.1, 0.15) is 24.6 Å². The molecule has 0 radical (unpaired) electrons. The number of hydrogen-bond acceptors (Lipinski definition) is 8. The van der Waals surface area contributed by atoms with E-state index in [1.807, 2.05) is 37.3 Å². The Hall–Kier alpha value is -4.27. The van der Waals surface area contributed by atoms with Crippen molar-refractivity contribution in [2.45, 2.75) is 35.4 Å². The van der Waals surface area contributed by atoms with E-state index in [0.717, 1.165) is 5.56 Å². The van der Waals surface area contributed by atoms with Gasteiger partial charge in [-0.15, -0.1) is 0 Å². The van der Waals surface area contributed by atoms with Crippen LogP contribution in [0.3, 0.4) is 0 Å². The zero-order valence-corrected chi connectivity index (χ0v) is 22.3. The molecule has 2 aromatic carbocycles. The van der Waals surface area contributed by atoms with Gasteiger partial charge in [-0.2, -0.15) is 5.26 Å². The molecule has 1 atom stereocenters. The lowest BCUT2D eigenvalue weighted by atomic mass is 10.1. The molecule has 4 rings (SSSR count). The van der Waals surface area contributed by atoms with Gasteiger partial charge in [0.1, 0.15) is 11.1 Å². The number of thioether (sulfide) groups is 1. The predicted molar refractivity (Wildman–Crippen MR) is 147 cm³/mol. The highest BCUT2D eigenvalue weighted by molar-refractivity contribution is 8.00. The normalized spacial score (nSPS) is 11.8. The van der Waals surface area contributed by atoms with Gasteiger partial charge >= 0.3 is 0 Å². The lowest BCUT2D eigenvalue weighted by molar-refractivity contribution is -0.115. The van der Waals surface area contributed by atoms with Crippen LogP contribution in [0.2, 0.25) is 0 Å². The first-order chi connectivity index (χ1) is 18.3. The molecule has 4 aromatic rings. The van der Waals surface area contributed by atoms with Gasteiger partial charge in [0.2, 0.25) is 11.9 Å². The predicted octanol–water partition coefficient (Wildman–Crippen LogP) is 5.03. The van der Waals surface area contributed by atoms with Crippen molar-refractivity contribution in [3.8, 4) is 17.3 Å². The molecule has 192 valence electrons. The molecule has 0 saturated carbocycles. The number of nitrogens with zero attached hydrogens (tertiary/aromatic N) is 4. The Bertz CT molecular complexity index is 1590. The van der Waals surface area contributed by atoms with Crippen LogP contribution in [0.4, 0.5) is 11.6 Å². The number of aryl methyl sites for hydroxylation is 1. The summed E-state index contributed by atoms with van der Waals surface area (Å²) >= 11 is 1.22. The summed E-state index contributed by atoms with van der Waals surface area (Å²) in [6, 6.07) is 22.7. The van der Waals surface area contributed by atoms with E-state index in [9.17, 15) is 18.5 Å². The van der Waals surface area contributed by atoms with Crippen LogP contribution in [0.25, 0.3) is 11.3 Å². The molecule has 1 unspecified atom stereocenters. The maximum absolute atomic E-state index is 13.1. The molecule has 0 fully saturated rings. The van der Waals surface area contributed by atoms with Gasteiger partial charge in [0.05, 0.1) is 21.4 Å². The fraction of sp³-hybridized carbons (Fsp3) is 0.148. The number of benzene rings is 2. The largest absolute Gasteiger partial charge is 0.325 e. The van der Waals surface area contributed by atoms with Gasteiger partial charge in [0.15, 0.2) is 0 Å². The quantitative estimate of drug-likeness (QED) is 0.280. The number of aromatic nitrogens is 3. The van der Waals surface area contributed by atoms with Crippen LogP contribution in [-0.2, 0) is 14.8 Å². The Balaban J connectivity index is 1.47. The average Bonchev–Trinajstić information content (AvgIpc) is 2.92. The van der Waals surface area contributed by atoms with Crippen molar-refractivity contribution in [1.82, 2.24) is 15.0 Å². The highest BCUT2D eigenvalue weighted by Crippen LogP contribution is 2.30. The maximum Gasteiger partial charge on any atom is 0.264 e. The number of hydrogen-bond donors (Lipinski definition) is 2. The number of amides is 1. The molecule has 1 amide bonds. The zero-order valence-electron chi connectivity index (χ0n) is 20.6. The Morgan fingerprint density at radius 3 is 2.42 bits per heavy atom. The first-order valence-electron chi connectivity index (χ1n) is 11.7. The molecule has 0 aliphatic rings. The van der Waals surface area contributed by atoms with E-state index in [2.05, 4.69) is 31.1 Å². The molecule has 0 aliphatic heterocycles. The number of carbonyl (C=O) groups excluding carboxylic acids is 1. The third-order valence-electron chi connectivity index (χ3n) is 5.42. The van der Waals surface area contributed by atoms with Crippen molar-refractivity contribution < 1.29 is 13.2 Å². The van der Waals surface area contributed by atoms with E-state index in [1.54, 1.807) is 25.1 Å². The number of sulfonamides is 1. The Labute approximate surface area is 225 Å². The van der Waals surface area contributed by atoms with E-state index in [0.29, 0.717) is 34.1 Å². The highest BCUT2D eigenvalue weighted by atomic mass is 32.2. The van der Waals surface area contributed by atoms with Crippen molar-refractivity contribution >= 4 is 39.3 Å². The first kappa shape index (κ1) is 26.8. The van der Waals surface area contributed by atoms with Gasteiger partial charge < -0.3 is 5.32 Å². The highest BCUT2D eigenvalue weighted by Gasteiger charge is 2.22. The van der Waals surface area contributed by atoms with Crippen molar-refractivity contribution in [2.75, 3.05) is 10.0 Å². The second kappa shape index (κ2) is 11.9. The van der Waals surface area contributed by atoms with E-state index < -0.39 is 15.3 Å². The molecule has 11 heteroatoms. The number of nitrogens with one attached hydrogen (secondary N) is 2. The van der Waals surface area contributed by atoms with Crippen LogP contribution in [0.5, 0.6) is 0 Å². The summed E-state index contributed by atoms with van der Waals surface area (Å²) in [5.41, 5.74) is 3.08. The second-order valence-corrected chi connectivity index (χ2v) is 11.1. The average molecular weight is 545 g/mol. The summed E-state index contributed by atoms with van der Waals surface area (Å²) in [6.45, 7) is 3.61. The van der Waals surface area contributed by atoms with Crippen LogP contribution in [0.15, 0.2) is 88.9 Å². The van der Waals surface area contributed by atoms with Gasteiger partial charge in [-0.1, -0.05) is 49.0 Å². The molecule has 2 N–H and O–H groups in total. The van der Waals surface area contributed by atoms with E-state index >= 15 is 0 Å². The number of rotatable bonds is 9. The van der Waals surface area contributed by atoms with Gasteiger partial charge in [-0.25, -0.2) is 28.1 Å². The summed E-state index contributed by atoms with van der Waals surface area (Å²) < 4.78 is 27.7. The number of carbonyl (C=O) groups is 1. The van der Waals surface area contributed by atoms with Gasteiger partial charge in [-0.3, -0.25) is 4.79 Å². The maximum atomic E-state index is 13.1. The summed E-state index contributed by atoms with van der Waals surface area (Å²) in [4.78, 5) is 25.7. The SMILES string of the molecule is CCC(Sc1nc(-c2ccccc2)ccc1C#N)C(=O)Nc1ccc(S(=O)(=O)Nc2nccc(C)n2)cc1. The number of anilines is 2. The van der Waals surface area contributed by atoms with Crippen molar-refractivity contribution in [3.63, 3.8) is 0 Å². The molecule has 9 nitrogen and oxygen atoms in total. The first-order valence-corrected chi connectivity index (χ1v) is 14.0. The zero-order chi connectivity index (χ0) is 27.1. The minimum absolute atomic E-state index is 0.00242. The Kier molecular flexibility index (Phi) is 8.35. The standard InChI is InChI=1S/C27H24N6O3S2/c1-3-24(37-26-20(17-28)9-14-23(32-26)19-7-5-4-6-8-19)25(34)31-21-10-12-22(13-11-21)38(35,36)33-27-29-16-15-18(2)30-27/h4-16,24H,3H2,1-2H3,(H,31,34)(H,29,30,33). The Morgan fingerprint density at radius 1 is 1.03 bits per heavy atom. The van der Waals surface area contributed by atoms with Gasteiger partial charge in [0.25, 0.3) is 10.0 Å². The number of nitriles is 1. The lowest BCUT2D eigenvalue weighted by Gasteiger charge is -2.16. The Morgan fingerprint density at radius 2 is 1.76 bits per heavy atom. The van der Waals surface area contributed by atoms with Crippen LogP contribution >= 0.6 is 11.8 Å². The fourth-order valence-electron chi connectivity index (χ4n) is 3.46. The van der Waals surface area contributed by atoms with Crippen LogP contribution in [-0.4, -0.2) is 34.5 Å². The van der Waals surface area contributed by atoms with Crippen molar-refractivity contribution in [2.24, 2.45) is 0 Å². The van der Waals surface area contributed by atoms with Gasteiger partial charge in [-0.05, 0) is 55.8 Å². The van der Waals surface area contributed by atoms with Crippen molar-refractivity contribution in [3.05, 3.63) is 90.3 Å². The molecular weight excluding hydrogens is 520 g/mol. The molecule has 0 saturated heterocycles. The molecular formula is C27H24N6O3S2. The second-order valence-electron chi connectivity index (χ2n) is 8.18. The van der Waals surface area contributed by atoms with E-state index in [4.69, 9.17) is 0 Å². The van der Waals surface area contributed by atoms with E-state index in [1.165, 1.54) is 42.2 Å². The molecule has 0 bridgehead atoms. The van der Waals surface area contributed by atoms with E-state index in [-0.39, 0.29) is 16.8 Å². The summed E-state index contributed by atoms with van der Waals surface area (Å²) in [5.74, 6) is -0.304. The van der Waals surface area contributed by atoms with Gasteiger partial charge in [0, 0.05) is 23.1 Å². The monoisotopic (exact) mass is 544 g/mol. The fourth-order valence-corrected chi connectivity index (χ4v) is 5.40. The topological polar surface area (TPSA) is 138 Å². The summed E-state index contributed by atoms with van der Waals surface area (Å²) in [7, 11) is -3.90. The summed E-state index contributed by atoms with van der Waals surface area (Å²) in [6.07, 6.45) is 1.96. The summed E-state index contributed by atoms with van der Waals surface area (Å²) in [5, 5.41) is 12.3. The minimum atomic E-state index is -3.90. The smallest absolute Gasteiger partial charge is 0.264 e. The minimum Gasteiger partial charge on any atom is -0.325 e. The molecule has 0 spiro atoms. The van der Waals surface area contributed by atoms with Crippen LogP contribution < -0.4 is 10.0 Å². The number of pyridine rings is 1. The molecule has 0 aliphatic carbocycles. The molecule has 38 heavy (non-hydrogen) atoms. The lowest BCUT2D eigenvalue weighted by Crippen LogP contribution is -2.25. The van der Waals surface area contributed by atoms with Crippen LogP contribution in [0, 0.1) is 18.3 Å². The third kappa shape index (κ3) is 6.53. The third-order valence-corrected chi connectivity index (χ3v) is 8.13. The molecule has 2 aromatic heterocycles. The molecule has 2 heterocycles. The van der Waals surface area contributed by atoms with Crippen molar-refractivity contribution in [1.29, 1.82) is 5.26 Å².